The van der Waals surface area contributed by atoms with Crippen molar-refractivity contribution in [2.45, 2.75) is 20.1 Å². The molecule has 0 fully saturated rings. The van der Waals surface area contributed by atoms with Crippen molar-refractivity contribution >= 4 is 11.6 Å². The van der Waals surface area contributed by atoms with Gasteiger partial charge in [0, 0.05) is 19.2 Å². The minimum absolute atomic E-state index is 0.345. The topological polar surface area (TPSA) is 52.0 Å². The van der Waals surface area contributed by atoms with Gasteiger partial charge in [-0.3, -0.25) is 0 Å². The van der Waals surface area contributed by atoms with E-state index in [1.165, 1.54) is 0 Å². The summed E-state index contributed by atoms with van der Waals surface area (Å²) in [6.07, 6.45) is 0. The average molecular weight is 281 g/mol. The molecule has 0 amide bonds. The van der Waals surface area contributed by atoms with Crippen molar-refractivity contribution in [3.05, 3.63) is 40.4 Å². The first-order chi connectivity index (χ1) is 9.13. The first-order valence-electron chi connectivity index (χ1n) is 6.03. The molecular formula is C13H17ClN4O. The van der Waals surface area contributed by atoms with Crippen LogP contribution in [0.4, 0.5) is 0 Å². The van der Waals surface area contributed by atoms with Gasteiger partial charge in [0.2, 0.25) is 0 Å². The summed E-state index contributed by atoms with van der Waals surface area (Å²) in [5, 5.41) is 11.8. The molecule has 0 unspecified atom stereocenters. The van der Waals surface area contributed by atoms with Crippen LogP contribution in [0, 0.1) is 6.92 Å². The van der Waals surface area contributed by atoms with Crippen LogP contribution in [0.3, 0.4) is 0 Å². The van der Waals surface area contributed by atoms with Gasteiger partial charge in [-0.05, 0) is 20.0 Å². The Morgan fingerprint density at radius 1 is 1.37 bits per heavy atom. The van der Waals surface area contributed by atoms with Crippen LogP contribution in [0.25, 0.3) is 0 Å². The lowest BCUT2D eigenvalue weighted by Gasteiger charge is -2.12. The molecule has 0 atom stereocenters. The van der Waals surface area contributed by atoms with Crippen molar-refractivity contribution in [3.8, 4) is 5.75 Å². The number of nitrogens with zero attached hydrogens (tertiary/aromatic N) is 3. The predicted molar refractivity (Wildman–Crippen MR) is 74.3 cm³/mol. The summed E-state index contributed by atoms with van der Waals surface area (Å²) >= 11 is 6.18. The first kappa shape index (κ1) is 13.8. The summed E-state index contributed by atoms with van der Waals surface area (Å²) < 4.78 is 7.70. The molecule has 1 heterocycles. The largest absolute Gasteiger partial charge is 0.484 e. The van der Waals surface area contributed by atoms with Crippen LogP contribution in [0.1, 0.15) is 17.2 Å². The van der Waals surface area contributed by atoms with E-state index in [9.17, 15) is 0 Å². The molecule has 1 aromatic heterocycles. The molecule has 2 aromatic rings. The maximum absolute atomic E-state index is 6.18. The number of halogens is 1. The van der Waals surface area contributed by atoms with Gasteiger partial charge < -0.3 is 14.6 Å². The molecule has 0 spiro atoms. The second-order valence-corrected chi connectivity index (χ2v) is 4.68. The number of aryl methyl sites for hydroxylation is 1. The summed E-state index contributed by atoms with van der Waals surface area (Å²) in [7, 11) is 3.80. The molecule has 0 aliphatic rings. The van der Waals surface area contributed by atoms with Gasteiger partial charge in [-0.1, -0.05) is 23.7 Å². The standard InChI is InChI=1S/C13H17ClN4O/c1-9-16-17-12(18(9)3)8-19-13-10(7-15-2)5-4-6-11(13)14/h4-6,15H,7-8H2,1-3H3. The maximum atomic E-state index is 6.18. The third kappa shape index (κ3) is 3.05. The van der Waals surface area contributed by atoms with Gasteiger partial charge in [0.1, 0.15) is 18.2 Å². The Balaban J connectivity index is 2.17. The molecule has 0 radical (unpaired) electrons. The van der Waals surface area contributed by atoms with Crippen LogP contribution < -0.4 is 10.1 Å². The molecule has 1 N–H and O–H groups in total. The van der Waals surface area contributed by atoms with Crippen LogP contribution in [0.5, 0.6) is 5.75 Å². The molecule has 0 bridgehead atoms. The predicted octanol–water partition coefficient (Wildman–Crippen LogP) is 2.08. The lowest BCUT2D eigenvalue weighted by atomic mass is 10.2. The number of hydrogen-bond acceptors (Lipinski definition) is 4. The Hall–Kier alpha value is -1.59. The van der Waals surface area contributed by atoms with Gasteiger partial charge in [0.25, 0.3) is 0 Å². The van der Waals surface area contributed by atoms with Crippen molar-refractivity contribution in [1.82, 2.24) is 20.1 Å². The van der Waals surface area contributed by atoms with E-state index in [-0.39, 0.29) is 0 Å². The van der Waals surface area contributed by atoms with Crippen LogP contribution >= 0.6 is 11.6 Å². The number of para-hydroxylation sites is 1. The number of aromatic nitrogens is 3. The van der Waals surface area contributed by atoms with E-state index in [4.69, 9.17) is 16.3 Å². The van der Waals surface area contributed by atoms with Crippen LogP contribution in [0.2, 0.25) is 5.02 Å². The smallest absolute Gasteiger partial charge is 0.170 e. The summed E-state index contributed by atoms with van der Waals surface area (Å²) in [5.41, 5.74) is 1.02. The summed E-state index contributed by atoms with van der Waals surface area (Å²) in [5.74, 6) is 2.32. The van der Waals surface area contributed by atoms with Gasteiger partial charge in [0.05, 0.1) is 5.02 Å². The number of nitrogens with one attached hydrogen (secondary N) is 1. The van der Waals surface area contributed by atoms with Crippen molar-refractivity contribution in [3.63, 3.8) is 0 Å². The van der Waals surface area contributed by atoms with E-state index in [0.29, 0.717) is 23.9 Å². The molecule has 0 saturated heterocycles. The zero-order chi connectivity index (χ0) is 13.8. The van der Waals surface area contributed by atoms with E-state index in [2.05, 4.69) is 15.5 Å². The first-order valence-corrected chi connectivity index (χ1v) is 6.41. The Labute approximate surface area is 117 Å². The van der Waals surface area contributed by atoms with Gasteiger partial charge in [0.15, 0.2) is 5.82 Å². The van der Waals surface area contributed by atoms with E-state index in [1.807, 2.05) is 43.8 Å². The lowest BCUT2D eigenvalue weighted by molar-refractivity contribution is 0.287. The second kappa shape index (κ2) is 6.04. The molecule has 1 aromatic carbocycles. The molecule has 2 rings (SSSR count). The van der Waals surface area contributed by atoms with Crippen molar-refractivity contribution in [1.29, 1.82) is 0 Å². The molecule has 19 heavy (non-hydrogen) atoms. The molecule has 102 valence electrons. The zero-order valence-corrected chi connectivity index (χ0v) is 12.0. The SMILES string of the molecule is CNCc1cccc(Cl)c1OCc1nnc(C)n1C. The summed E-state index contributed by atoms with van der Waals surface area (Å²) in [6.45, 7) is 2.95. The minimum atomic E-state index is 0.345. The third-order valence-electron chi connectivity index (χ3n) is 2.94. The Kier molecular flexibility index (Phi) is 4.39. The van der Waals surface area contributed by atoms with Gasteiger partial charge >= 0.3 is 0 Å². The molecule has 6 heteroatoms. The van der Waals surface area contributed by atoms with E-state index in [1.54, 1.807) is 0 Å². The quantitative estimate of drug-likeness (QED) is 0.911. The highest BCUT2D eigenvalue weighted by Crippen LogP contribution is 2.29. The molecule has 0 aliphatic heterocycles. The number of benzene rings is 1. The van der Waals surface area contributed by atoms with Crippen molar-refractivity contribution in [2.75, 3.05) is 7.05 Å². The fourth-order valence-corrected chi connectivity index (χ4v) is 2.01. The molecule has 0 saturated carbocycles. The third-order valence-corrected chi connectivity index (χ3v) is 3.24. The number of ether oxygens (including phenoxy) is 1. The fraction of sp³-hybridized carbons (Fsp3) is 0.385. The minimum Gasteiger partial charge on any atom is -0.484 e. The highest BCUT2D eigenvalue weighted by atomic mass is 35.5. The van der Waals surface area contributed by atoms with Crippen LogP contribution in [0.15, 0.2) is 18.2 Å². The Morgan fingerprint density at radius 2 is 2.16 bits per heavy atom. The molecule has 5 nitrogen and oxygen atoms in total. The second-order valence-electron chi connectivity index (χ2n) is 4.27. The van der Waals surface area contributed by atoms with Crippen LogP contribution in [-0.2, 0) is 20.2 Å². The average Bonchev–Trinajstić information content (AvgIpc) is 2.70. The van der Waals surface area contributed by atoms with Crippen molar-refractivity contribution in [2.24, 2.45) is 7.05 Å². The van der Waals surface area contributed by atoms with Gasteiger partial charge in [-0.25, -0.2) is 0 Å². The monoisotopic (exact) mass is 280 g/mol. The number of rotatable bonds is 5. The van der Waals surface area contributed by atoms with Crippen LogP contribution in [-0.4, -0.2) is 21.8 Å². The van der Waals surface area contributed by atoms with E-state index in [0.717, 1.165) is 17.2 Å². The highest BCUT2D eigenvalue weighted by molar-refractivity contribution is 6.32. The molecule has 0 aliphatic carbocycles. The maximum Gasteiger partial charge on any atom is 0.170 e. The number of hydrogen-bond donors (Lipinski definition) is 1. The summed E-state index contributed by atoms with van der Waals surface area (Å²) in [4.78, 5) is 0. The van der Waals surface area contributed by atoms with E-state index >= 15 is 0 Å². The molecular weight excluding hydrogens is 264 g/mol. The fourth-order valence-electron chi connectivity index (χ4n) is 1.76. The van der Waals surface area contributed by atoms with Crippen molar-refractivity contribution < 1.29 is 4.74 Å². The normalized spacial score (nSPS) is 10.7. The Bertz CT molecular complexity index is 568. The Morgan fingerprint density at radius 3 is 2.79 bits per heavy atom. The van der Waals surface area contributed by atoms with Gasteiger partial charge in [-0.2, -0.15) is 0 Å². The highest BCUT2D eigenvalue weighted by Gasteiger charge is 2.11. The lowest BCUT2D eigenvalue weighted by Crippen LogP contribution is -2.09. The van der Waals surface area contributed by atoms with E-state index < -0.39 is 0 Å². The van der Waals surface area contributed by atoms with Gasteiger partial charge in [-0.15, -0.1) is 10.2 Å². The summed E-state index contributed by atoms with van der Waals surface area (Å²) in [6, 6.07) is 5.71. The zero-order valence-electron chi connectivity index (χ0n) is 11.3.